The number of carbonyl (C=O) groups is 1. The number of carbonyl (C=O) groups excluding carboxylic acids is 1. The first kappa shape index (κ1) is 18.0. The van der Waals surface area contributed by atoms with Crippen molar-refractivity contribution in [2.75, 3.05) is 6.61 Å². The van der Waals surface area contributed by atoms with Crippen molar-refractivity contribution in [2.24, 2.45) is 0 Å². The highest BCUT2D eigenvalue weighted by molar-refractivity contribution is 6.30. The van der Waals surface area contributed by atoms with Crippen LogP contribution in [-0.4, -0.2) is 23.3 Å². The second-order valence-corrected chi connectivity index (χ2v) is 5.87. The summed E-state index contributed by atoms with van der Waals surface area (Å²) in [5.74, 6) is -1.17. The molecule has 0 saturated heterocycles. The molecule has 1 heterocycles. The third-order valence-electron chi connectivity index (χ3n) is 3.60. The Balaban J connectivity index is 2.18. The van der Waals surface area contributed by atoms with Crippen LogP contribution >= 0.6 is 11.6 Å². The maximum atomic E-state index is 12.7. The molecule has 8 heteroatoms. The van der Waals surface area contributed by atoms with Gasteiger partial charge in [-0.25, -0.2) is 4.79 Å². The first-order chi connectivity index (χ1) is 12.3. The maximum absolute atomic E-state index is 12.7. The van der Waals surface area contributed by atoms with Crippen molar-refractivity contribution in [3.05, 3.63) is 75.7 Å². The molecule has 0 aliphatic carbocycles. The van der Waals surface area contributed by atoms with Crippen molar-refractivity contribution in [1.29, 1.82) is 0 Å². The molecule has 0 fully saturated rings. The minimum absolute atomic E-state index is 0.149. The molecular weight excluding hydrogens is 371 g/mol. The fourth-order valence-corrected chi connectivity index (χ4v) is 2.68. The van der Waals surface area contributed by atoms with Gasteiger partial charge in [0.05, 0.1) is 11.3 Å². The number of alkyl halides is 3. The van der Waals surface area contributed by atoms with Crippen LogP contribution in [0.5, 0.6) is 0 Å². The van der Waals surface area contributed by atoms with Crippen molar-refractivity contribution >= 4 is 28.3 Å². The number of rotatable bonds is 3. The molecule has 0 spiro atoms. The number of hydrogen-bond acceptors (Lipinski definition) is 3. The minimum Gasteiger partial charge on any atom is -0.452 e. The zero-order valence-electron chi connectivity index (χ0n) is 13.1. The predicted molar refractivity (Wildman–Crippen MR) is 90.9 cm³/mol. The Labute approximate surface area is 150 Å². The van der Waals surface area contributed by atoms with Crippen molar-refractivity contribution in [3.63, 3.8) is 0 Å². The van der Waals surface area contributed by atoms with Crippen molar-refractivity contribution in [2.45, 2.75) is 6.18 Å². The average molecular weight is 382 g/mol. The molecule has 0 aliphatic heterocycles. The molecule has 2 aromatic carbocycles. The molecule has 0 saturated carbocycles. The van der Waals surface area contributed by atoms with Gasteiger partial charge in [0.25, 0.3) is 5.56 Å². The standard InChI is InChI=1S/C18H11ClF3NO3/c19-11-4-3-5-12(8-11)23-9-15(17(25)26-10-18(20,21)22)13-6-1-2-7-14(13)16(23)24/h1-9H,10H2. The van der Waals surface area contributed by atoms with E-state index in [2.05, 4.69) is 4.74 Å². The minimum atomic E-state index is -4.65. The molecule has 0 aliphatic rings. The molecule has 3 aromatic rings. The Hall–Kier alpha value is -2.80. The van der Waals surface area contributed by atoms with Crippen LogP contribution in [-0.2, 0) is 4.74 Å². The Morgan fingerprint density at radius 1 is 1.08 bits per heavy atom. The lowest BCUT2D eigenvalue weighted by molar-refractivity contribution is -0.161. The monoisotopic (exact) mass is 381 g/mol. The maximum Gasteiger partial charge on any atom is 0.422 e. The summed E-state index contributed by atoms with van der Waals surface area (Å²) in [4.78, 5) is 24.9. The van der Waals surface area contributed by atoms with E-state index in [0.717, 1.165) is 10.8 Å². The lowest BCUT2D eigenvalue weighted by Gasteiger charge is -2.13. The van der Waals surface area contributed by atoms with Crippen LogP contribution in [0, 0.1) is 0 Å². The summed E-state index contributed by atoms with van der Waals surface area (Å²) in [7, 11) is 0. The van der Waals surface area contributed by atoms with Crippen molar-refractivity contribution in [3.8, 4) is 5.69 Å². The largest absolute Gasteiger partial charge is 0.452 e. The summed E-state index contributed by atoms with van der Waals surface area (Å²) >= 11 is 5.94. The Morgan fingerprint density at radius 3 is 2.42 bits per heavy atom. The normalized spacial score (nSPS) is 11.5. The smallest absolute Gasteiger partial charge is 0.422 e. The Morgan fingerprint density at radius 2 is 1.77 bits per heavy atom. The van der Waals surface area contributed by atoms with Gasteiger partial charge in [-0.05, 0) is 24.3 Å². The number of benzene rings is 2. The zero-order chi connectivity index (χ0) is 18.9. The Bertz CT molecular complexity index is 1040. The number of hydrogen-bond donors (Lipinski definition) is 0. The summed E-state index contributed by atoms with van der Waals surface area (Å²) in [5.41, 5.74) is -0.210. The fraction of sp³-hybridized carbons (Fsp3) is 0.111. The van der Waals surface area contributed by atoms with E-state index in [1.165, 1.54) is 18.2 Å². The molecule has 0 unspecified atom stereocenters. The number of esters is 1. The molecule has 0 amide bonds. The van der Waals surface area contributed by atoms with E-state index in [0.29, 0.717) is 10.7 Å². The fourth-order valence-electron chi connectivity index (χ4n) is 2.50. The number of ether oxygens (including phenoxy) is 1. The number of fused-ring (bicyclic) bond motifs is 1. The van der Waals surface area contributed by atoms with Crippen LogP contribution in [0.1, 0.15) is 10.4 Å². The number of aromatic nitrogens is 1. The van der Waals surface area contributed by atoms with E-state index in [1.54, 1.807) is 30.3 Å². The molecule has 0 radical (unpaired) electrons. The lowest BCUT2D eigenvalue weighted by atomic mass is 10.1. The summed E-state index contributed by atoms with van der Waals surface area (Å²) in [6, 6.07) is 12.4. The van der Waals surface area contributed by atoms with E-state index in [1.807, 2.05) is 0 Å². The van der Waals surface area contributed by atoms with Crippen LogP contribution < -0.4 is 5.56 Å². The molecule has 26 heavy (non-hydrogen) atoms. The molecule has 0 atom stereocenters. The second-order valence-electron chi connectivity index (χ2n) is 5.43. The molecular formula is C18H11ClF3NO3. The lowest BCUT2D eigenvalue weighted by Crippen LogP contribution is -2.24. The van der Waals surface area contributed by atoms with Gasteiger partial charge in [0.2, 0.25) is 0 Å². The average Bonchev–Trinajstić information content (AvgIpc) is 2.59. The first-order valence-corrected chi connectivity index (χ1v) is 7.78. The van der Waals surface area contributed by atoms with Gasteiger partial charge < -0.3 is 4.74 Å². The van der Waals surface area contributed by atoms with Crippen molar-refractivity contribution in [1.82, 2.24) is 4.57 Å². The summed E-state index contributed by atoms with van der Waals surface area (Å²) in [5, 5.41) is 0.751. The van der Waals surface area contributed by atoms with Crippen LogP contribution in [0.4, 0.5) is 13.2 Å². The van der Waals surface area contributed by atoms with Crippen molar-refractivity contribution < 1.29 is 22.7 Å². The predicted octanol–water partition coefficient (Wildman–Crippen LogP) is 4.36. The summed E-state index contributed by atoms with van der Waals surface area (Å²) in [6.07, 6.45) is -3.48. The Kier molecular flexibility index (Phi) is 4.73. The topological polar surface area (TPSA) is 48.3 Å². The van der Waals surface area contributed by atoms with E-state index in [4.69, 9.17) is 11.6 Å². The van der Waals surface area contributed by atoms with E-state index < -0.39 is 24.3 Å². The number of pyridine rings is 1. The van der Waals surface area contributed by atoms with E-state index >= 15 is 0 Å². The van der Waals surface area contributed by atoms with Crippen LogP contribution in [0.2, 0.25) is 5.02 Å². The summed E-state index contributed by atoms with van der Waals surface area (Å²) in [6.45, 7) is -1.71. The van der Waals surface area contributed by atoms with Gasteiger partial charge >= 0.3 is 12.1 Å². The third-order valence-corrected chi connectivity index (χ3v) is 3.83. The first-order valence-electron chi connectivity index (χ1n) is 7.40. The van der Waals surface area contributed by atoms with Gasteiger partial charge in [0.15, 0.2) is 6.61 Å². The molecule has 4 nitrogen and oxygen atoms in total. The van der Waals surface area contributed by atoms with E-state index in [9.17, 15) is 22.8 Å². The van der Waals surface area contributed by atoms with Gasteiger partial charge in [-0.15, -0.1) is 0 Å². The van der Waals surface area contributed by atoms with Crippen LogP contribution in [0.15, 0.2) is 59.5 Å². The molecule has 0 N–H and O–H groups in total. The molecule has 0 bridgehead atoms. The van der Waals surface area contributed by atoms with E-state index in [-0.39, 0.29) is 16.3 Å². The van der Waals surface area contributed by atoms with Crippen LogP contribution in [0.3, 0.4) is 0 Å². The van der Waals surface area contributed by atoms with Gasteiger partial charge in [0, 0.05) is 22.0 Å². The third kappa shape index (κ3) is 3.72. The number of nitrogens with zero attached hydrogens (tertiary/aromatic N) is 1. The number of halogens is 4. The summed E-state index contributed by atoms with van der Waals surface area (Å²) < 4.78 is 42.6. The molecule has 134 valence electrons. The molecule has 3 rings (SSSR count). The van der Waals surface area contributed by atoms with Crippen LogP contribution in [0.25, 0.3) is 16.5 Å². The highest BCUT2D eigenvalue weighted by atomic mass is 35.5. The quantitative estimate of drug-likeness (QED) is 0.633. The van der Waals surface area contributed by atoms with Gasteiger partial charge in [-0.3, -0.25) is 9.36 Å². The highest BCUT2D eigenvalue weighted by Crippen LogP contribution is 2.21. The van der Waals surface area contributed by atoms with Gasteiger partial charge in [-0.2, -0.15) is 13.2 Å². The highest BCUT2D eigenvalue weighted by Gasteiger charge is 2.30. The second kappa shape index (κ2) is 6.84. The van der Waals surface area contributed by atoms with Gasteiger partial charge in [-0.1, -0.05) is 35.9 Å². The SMILES string of the molecule is O=C(OCC(F)(F)F)c1cn(-c2cccc(Cl)c2)c(=O)c2ccccc12. The van der Waals surface area contributed by atoms with Gasteiger partial charge in [0.1, 0.15) is 0 Å². The molecule has 1 aromatic heterocycles. The zero-order valence-corrected chi connectivity index (χ0v) is 13.8.